The second-order valence-corrected chi connectivity index (χ2v) is 4.06. The summed E-state index contributed by atoms with van der Waals surface area (Å²) in [7, 11) is 0. The molecule has 1 atom stereocenters. The lowest BCUT2D eigenvalue weighted by atomic mass is 10.2. The van der Waals surface area contributed by atoms with Crippen molar-refractivity contribution in [3.63, 3.8) is 0 Å². The molecule has 0 bridgehead atoms. The second kappa shape index (κ2) is 4.75. The number of ether oxygens (including phenoxy) is 1. The lowest BCUT2D eigenvalue weighted by Gasteiger charge is -2.22. The van der Waals surface area contributed by atoms with Crippen molar-refractivity contribution in [1.29, 1.82) is 0 Å². The number of hydrogen-bond acceptors (Lipinski definition) is 4. The minimum Gasteiger partial charge on any atom is -0.464 e. The number of esters is 1. The van der Waals surface area contributed by atoms with Crippen LogP contribution in [0, 0.1) is 0 Å². The molecule has 4 heteroatoms. The summed E-state index contributed by atoms with van der Waals surface area (Å²) >= 11 is 0. The van der Waals surface area contributed by atoms with E-state index in [1.165, 1.54) is 12.8 Å². The highest BCUT2D eigenvalue weighted by atomic mass is 16.5. The van der Waals surface area contributed by atoms with Crippen molar-refractivity contribution < 1.29 is 9.53 Å². The molecule has 2 aliphatic heterocycles. The van der Waals surface area contributed by atoms with Crippen molar-refractivity contribution in [1.82, 2.24) is 10.2 Å². The molecule has 0 saturated carbocycles. The summed E-state index contributed by atoms with van der Waals surface area (Å²) in [6.07, 6.45) is 3.10. The molecule has 80 valence electrons. The number of nitrogens with one attached hydrogen (secondary N) is 1. The van der Waals surface area contributed by atoms with Gasteiger partial charge in [0, 0.05) is 25.7 Å². The van der Waals surface area contributed by atoms with Gasteiger partial charge in [0.1, 0.15) is 6.61 Å². The molecule has 2 saturated heterocycles. The molecular formula is C10H18N2O2. The van der Waals surface area contributed by atoms with Gasteiger partial charge in [-0.1, -0.05) is 0 Å². The quantitative estimate of drug-likeness (QED) is 0.634. The summed E-state index contributed by atoms with van der Waals surface area (Å²) < 4.78 is 5.00. The van der Waals surface area contributed by atoms with Crippen LogP contribution in [0.5, 0.6) is 0 Å². The van der Waals surface area contributed by atoms with E-state index in [0.29, 0.717) is 19.1 Å². The van der Waals surface area contributed by atoms with Gasteiger partial charge in [0.05, 0.1) is 6.42 Å². The first-order valence-electron chi connectivity index (χ1n) is 5.46. The van der Waals surface area contributed by atoms with Crippen molar-refractivity contribution in [3.05, 3.63) is 0 Å². The highest BCUT2D eigenvalue weighted by molar-refractivity contribution is 5.69. The zero-order valence-corrected chi connectivity index (χ0v) is 8.50. The summed E-state index contributed by atoms with van der Waals surface area (Å²) in [5.41, 5.74) is 0. The van der Waals surface area contributed by atoms with Crippen LogP contribution in [0.25, 0.3) is 0 Å². The maximum Gasteiger partial charge on any atom is 0.307 e. The van der Waals surface area contributed by atoms with Crippen molar-refractivity contribution in [2.24, 2.45) is 0 Å². The highest BCUT2D eigenvalue weighted by Crippen LogP contribution is 2.08. The van der Waals surface area contributed by atoms with Crippen molar-refractivity contribution in [2.75, 3.05) is 32.8 Å². The Bertz CT molecular complexity index is 202. The van der Waals surface area contributed by atoms with Gasteiger partial charge in [0.2, 0.25) is 0 Å². The van der Waals surface area contributed by atoms with E-state index in [1.807, 2.05) is 0 Å². The van der Waals surface area contributed by atoms with Crippen LogP contribution in [0.2, 0.25) is 0 Å². The molecule has 0 aliphatic carbocycles. The minimum atomic E-state index is -0.0492. The summed E-state index contributed by atoms with van der Waals surface area (Å²) in [5, 5.41) is 3.47. The molecule has 2 heterocycles. The number of rotatable bonds is 2. The molecular weight excluding hydrogens is 180 g/mol. The number of hydrogen-bond donors (Lipinski definition) is 1. The fraction of sp³-hybridized carbons (Fsp3) is 0.900. The van der Waals surface area contributed by atoms with Crippen LogP contribution in [-0.4, -0.2) is 49.7 Å². The van der Waals surface area contributed by atoms with Gasteiger partial charge in [-0.2, -0.15) is 0 Å². The highest BCUT2D eigenvalue weighted by Gasteiger charge is 2.20. The lowest BCUT2D eigenvalue weighted by molar-refractivity contribution is -0.142. The Labute approximate surface area is 84.6 Å². The van der Waals surface area contributed by atoms with E-state index in [0.717, 1.165) is 26.2 Å². The van der Waals surface area contributed by atoms with Gasteiger partial charge < -0.3 is 10.1 Å². The average Bonchev–Trinajstić information content (AvgIpc) is 2.58. The molecule has 2 aliphatic rings. The van der Waals surface area contributed by atoms with Crippen LogP contribution in [0.15, 0.2) is 0 Å². The Morgan fingerprint density at radius 2 is 2.43 bits per heavy atom. The first kappa shape index (κ1) is 9.93. The molecule has 0 radical (unpaired) electrons. The fourth-order valence-corrected chi connectivity index (χ4v) is 2.13. The van der Waals surface area contributed by atoms with E-state index in [-0.39, 0.29) is 5.97 Å². The molecule has 0 aromatic rings. The number of nitrogens with zero attached hydrogens (tertiary/aromatic N) is 1. The van der Waals surface area contributed by atoms with Gasteiger partial charge in [-0.15, -0.1) is 0 Å². The monoisotopic (exact) mass is 198 g/mol. The maximum absolute atomic E-state index is 11.0. The molecule has 0 amide bonds. The van der Waals surface area contributed by atoms with E-state index in [9.17, 15) is 4.79 Å². The maximum atomic E-state index is 11.0. The number of carbonyl (C=O) groups excluding carboxylic acids is 1. The molecule has 2 fully saturated rings. The van der Waals surface area contributed by atoms with Gasteiger partial charge in [0.25, 0.3) is 0 Å². The van der Waals surface area contributed by atoms with Crippen molar-refractivity contribution in [3.8, 4) is 0 Å². The summed E-state index contributed by atoms with van der Waals surface area (Å²) in [5.74, 6) is -0.0492. The lowest BCUT2D eigenvalue weighted by Crippen LogP contribution is -2.38. The van der Waals surface area contributed by atoms with Crippen LogP contribution in [-0.2, 0) is 9.53 Å². The molecule has 0 aromatic carbocycles. The average molecular weight is 198 g/mol. The van der Waals surface area contributed by atoms with Crippen LogP contribution in [0.3, 0.4) is 0 Å². The first-order chi connectivity index (χ1) is 6.84. The topological polar surface area (TPSA) is 41.6 Å². The fourth-order valence-electron chi connectivity index (χ4n) is 2.13. The molecule has 0 aromatic heterocycles. The smallest absolute Gasteiger partial charge is 0.307 e. The predicted octanol–water partition coefficient (Wildman–Crippen LogP) is -0.0127. The molecule has 0 spiro atoms. The summed E-state index contributed by atoms with van der Waals surface area (Å²) in [6.45, 7) is 4.52. The van der Waals surface area contributed by atoms with E-state index in [1.54, 1.807) is 0 Å². The van der Waals surface area contributed by atoms with E-state index < -0.39 is 0 Å². The van der Waals surface area contributed by atoms with Gasteiger partial charge in [0.15, 0.2) is 0 Å². The summed E-state index contributed by atoms with van der Waals surface area (Å²) in [6, 6.07) is 0.628. The Kier molecular flexibility index (Phi) is 3.37. The Morgan fingerprint density at radius 3 is 3.21 bits per heavy atom. The molecule has 4 nitrogen and oxygen atoms in total. The van der Waals surface area contributed by atoms with E-state index in [4.69, 9.17) is 4.74 Å². The van der Waals surface area contributed by atoms with Gasteiger partial charge in [-0.25, -0.2) is 0 Å². The third-order valence-corrected chi connectivity index (χ3v) is 2.94. The van der Waals surface area contributed by atoms with E-state index >= 15 is 0 Å². The van der Waals surface area contributed by atoms with Crippen molar-refractivity contribution >= 4 is 5.97 Å². The number of cyclic esters (lactones) is 1. The SMILES string of the molecule is O=C1CCN(CC2CCCN2)CCO1. The standard InChI is InChI=1S/C10H18N2O2/c13-10-3-5-12(6-7-14-10)8-9-2-1-4-11-9/h9,11H,1-8H2. The van der Waals surface area contributed by atoms with Crippen LogP contribution >= 0.6 is 0 Å². The number of carbonyl (C=O) groups is 1. The zero-order chi connectivity index (χ0) is 9.80. The molecule has 14 heavy (non-hydrogen) atoms. The van der Waals surface area contributed by atoms with Crippen LogP contribution < -0.4 is 5.32 Å². The largest absolute Gasteiger partial charge is 0.464 e. The van der Waals surface area contributed by atoms with Crippen molar-refractivity contribution in [2.45, 2.75) is 25.3 Å². The van der Waals surface area contributed by atoms with Gasteiger partial charge in [-0.3, -0.25) is 9.69 Å². The second-order valence-electron chi connectivity index (χ2n) is 4.06. The normalized spacial score (nSPS) is 30.0. The summed E-state index contributed by atoms with van der Waals surface area (Å²) in [4.78, 5) is 13.3. The third kappa shape index (κ3) is 2.69. The van der Waals surface area contributed by atoms with Gasteiger partial charge >= 0.3 is 5.97 Å². The van der Waals surface area contributed by atoms with E-state index in [2.05, 4.69) is 10.2 Å². The van der Waals surface area contributed by atoms with Gasteiger partial charge in [-0.05, 0) is 19.4 Å². The zero-order valence-electron chi connectivity index (χ0n) is 8.50. The molecule has 1 unspecified atom stereocenters. The van der Waals surface area contributed by atoms with Crippen LogP contribution in [0.4, 0.5) is 0 Å². The Morgan fingerprint density at radius 1 is 1.50 bits per heavy atom. The minimum absolute atomic E-state index is 0.0492. The molecule has 1 N–H and O–H groups in total. The van der Waals surface area contributed by atoms with Crippen LogP contribution in [0.1, 0.15) is 19.3 Å². The molecule has 2 rings (SSSR count). The first-order valence-corrected chi connectivity index (χ1v) is 5.46. The third-order valence-electron chi connectivity index (χ3n) is 2.94. The Balaban J connectivity index is 1.76. The Hall–Kier alpha value is -0.610. The predicted molar refractivity (Wildman–Crippen MR) is 53.0 cm³/mol.